The molecule has 106 valence electrons. The topological polar surface area (TPSA) is 51.0 Å². The molecule has 3 aromatic rings. The third-order valence-corrected chi connectivity index (χ3v) is 3.82. The summed E-state index contributed by atoms with van der Waals surface area (Å²) in [6.07, 6.45) is 0. The van der Waals surface area contributed by atoms with E-state index in [0.29, 0.717) is 23.3 Å². The number of hydrogen-bond acceptors (Lipinski definition) is 4. The Morgan fingerprint density at radius 2 is 1.86 bits per heavy atom. The van der Waals surface area contributed by atoms with Crippen molar-refractivity contribution in [2.45, 2.75) is 6.54 Å². The fourth-order valence-electron chi connectivity index (χ4n) is 1.82. The molecule has 1 heterocycles. The van der Waals surface area contributed by atoms with Crippen molar-refractivity contribution in [3.05, 3.63) is 63.9 Å². The van der Waals surface area contributed by atoms with E-state index in [9.17, 15) is 0 Å². The zero-order chi connectivity index (χ0) is 14.7. The van der Waals surface area contributed by atoms with E-state index >= 15 is 0 Å². The van der Waals surface area contributed by atoms with Gasteiger partial charge in [0.25, 0.3) is 0 Å². The molecule has 0 saturated heterocycles. The lowest BCUT2D eigenvalue weighted by Crippen LogP contribution is -2.00. The van der Waals surface area contributed by atoms with Crippen molar-refractivity contribution < 1.29 is 4.52 Å². The molecule has 21 heavy (non-hydrogen) atoms. The fourth-order valence-corrected chi connectivity index (χ4v) is 2.37. The molecule has 0 unspecified atom stereocenters. The highest BCUT2D eigenvalue weighted by Crippen LogP contribution is 2.22. The van der Waals surface area contributed by atoms with E-state index in [2.05, 4.69) is 31.4 Å². The first-order valence-electron chi connectivity index (χ1n) is 6.29. The van der Waals surface area contributed by atoms with E-state index < -0.39 is 0 Å². The van der Waals surface area contributed by atoms with E-state index in [1.807, 2.05) is 36.4 Å². The minimum Gasteiger partial charge on any atom is -0.375 e. The third kappa shape index (κ3) is 3.43. The predicted octanol–water partition coefficient (Wildman–Crippen LogP) is 4.76. The molecule has 0 atom stereocenters. The Labute approximate surface area is 135 Å². The lowest BCUT2D eigenvalue weighted by atomic mass is 10.2. The summed E-state index contributed by atoms with van der Waals surface area (Å²) in [4.78, 5) is 4.36. The van der Waals surface area contributed by atoms with Gasteiger partial charge in [-0.15, -0.1) is 0 Å². The van der Waals surface area contributed by atoms with Gasteiger partial charge >= 0.3 is 0 Å². The van der Waals surface area contributed by atoms with Gasteiger partial charge in [0, 0.05) is 20.7 Å². The van der Waals surface area contributed by atoms with E-state index in [1.165, 1.54) is 0 Å². The van der Waals surface area contributed by atoms with Crippen LogP contribution in [-0.2, 0) is 6.54 Å². The number of hydrogen-bond donors (Lipinski definition) is 1. The van der Waals surface area contributed by atoms with Crippen LogP contribution in [0.5, 0.6) is 0 Å². The lowest BCUT2D eigenvalue weighted by molar-refractivity contribution is 0.384. The highest BCUT2D eigenvalue weighted by Gasteiger charge is 2.08. The minimum atomic E-state index is 0.462. The lowest BCUT2D eigenvalue weighted by Gasteiger charge is -2.04. The van der Waals surface area contributed by atoms with Crippen LogP contribution in [0.4, 0.5) is 5.69 Å². The molecule has 0 fully saturated rings. The van der Waals surface area contributed by atoms with Crippen LogP contribution in [0, 0.1) is 0 Å². The van der Waals surface area contributed by atoms with Gasteiger partial charge in [0.2, 0.25) is 11.7 Å². The largest absolute Gasteiger partial charge is 0.375 e. The minimum absolute atomic E-state index is 0.462. The maximum atomic E-state index is 5.86. The molecule has 0 aliphatic rings. The molecule has 0 aliphatic carbocycles. The van der Waals surface area contributed by atoms with Gasteiger partial charge in [-0.3, -0.25) is 0 Å². The monoisotopic (exact) mass is 363 g/mol. The van der Waals surface area contributed by atoms with Crippen molar-refractivity contribution in [2.75, 3.05) is 5.32 Å². The Morgan fingerprint density at radius 3 is 2.62 bits per heavy atom. The van der Waals surface area contributed by atoms with Crippen LogP contribution in [0.2, 0.25) is 5.02 Å². The second kappa shape index (κ2) is 6.28. The second-order valence-corrected chi connectivity index (χ2v) is 5.64. The summed E-state index contributed by atoms with van der Waals surface area (Å²) in [5.74, 6) is 1.08. The van der Waals surface area contributed by atoms with Crippen LogP contribution < -0.4 is 5.32 Å². The fraction of sp³-hybridized carbons (Fsp3) is 0.0667. The van der Waals surface area contributed by atoms with Crippen molar-refractivity contribution in [1.29, 1.82) is 0 Å². The van der Waals surface area contributed by atoms with Gasteiger partial charge in [-0.05, 0) is 52.3 Å². The summed E-state index contributed by atoms with van der Waals surface area (Å²) in [6.45, 7) is 0.462. The molecule has 0 radical (unpaired) electrons. The Bertz CT molecular complexity index is 743. The van der Waals surface area contributed by atoms with Crippen molar-refractivity contribution >= 4 is 33.2 Å². The Kier molecular flexibility index (Phi) is 4.22. The van der Waals surface area contributed by atoms with E-state index in [0.717, 1.165) is 15.7 Å². The highest BCUT2D eigenvalue weighted by atomic mass is 79.9. The quantitative estimate of drug-likeness (QED) is 0.725. The van der Waals surface area contributed by atoms with Gasteiger partial charge in [0.15, 0.2) is 0 Å². The number of nitrogens with one attached hydrogen (secondary N) is 1. The summed E-state index contributed by atoms with van der Waals surface area (Å²) in [7, 11) is 0. The molecular formula is C15H11BrClN3O. The van der Waals surface area contributed by atoms with E-state index in [4.69, 9.17) is 16.1 Å². The molecule has 6 heteroatoms. The molecule has 2 aromatic carbocycles. The average molecular weight is 365 g/mol. The van der Waals surface area contributed by atoms with Crippen LogP contribution in [0.15, 0.2) is 57.5 Å². The molecule has 0 amide bonds. The van der Waals surface area contributed by atoms with Crippen molar-refractivity contribution in [2.24, 2.45) is 0 Å². The number of rotatable bonds is 4. The van der Waals surface area contributed by atoms with Crippen LogP contribution in [0.3, 0.4) is 0 Å². The predicted molar refractivity (Wildman–Crippen MR) is 86.2 cm³/mol. The second-order valence-electron chi connectivity index (χ2n) is 4.35. The Balaban J connectivity index is 1.71. The zero-order valence-electron chi connectivity index (χ0n) is 10.9. The van der Waals surface area contributed by atoms with Gasteiger partial charge in [0.05, 0.1) is 6.54 Å². The zero-order valence-corrected chi connectivity index (χ0v) is 13.2. The smallest absolute Gasteiger partial charge is 0.246 e. The number of benzene rings is 2. The summed E-state index contributed by atoms with van der Waals surface area (Å²) in [6, 6.07) is 15.2. The SMILES string of the molecule is Clc1ccc(-c2noc(CNc3ccccc3Br)n2)cc1. The highest BCUT2D eigenvalue weighted by molar-refractivity contribution is 9.10. The molecule has 3 rings (SSSR count). The van der Waals surface area contributed by atoms with Crippen LogP contribution in [0.25, 0.3) is 11.4 Å². The van der Waals surface area contributed by atoms with Crippen LogP contribution in [-0.4, -0.2) is 10.1 Å². The first-order chi connectivity index (χ1) is 10.2. The first-order valence-corrected chi connectivity index (χ1v) is 7.46. The molecule has 0 saturated carbocycles. The normalized spacial score (nSPS) is 10.6. The molecule has 1 aromatic heterocycles. The Hall–Kier alpha value is -1.85. The summed E-state index contributed by atoms with van der Waals surface area (Å²) < 4.78 is 6.23. The van der Waals surface area contributed by atoms with Gasteiger partial charge in [0.1, 0.15) is 0 Å². The average Bonchev–Trinajstić information content (AvgIpc) is 2.96. The summed E-state index contributed by atoms with van der Waals surface area (Å²) in [5.41, 5.74) is 1.85. The molecule has 0 bridgehead atoms. The van der Waals surface area contributed by atoms with Crippen molar-refractivity contribution in [3.8, 4) is 11.4 Å². The maximum absolute atomic E-state index is 5.86. The van der Waals surface area contributed by atoms with Crippen molar-refractivity contribution in [3.63, 3.8) is 0 Å². The van der Waals surface area contributed by atoms with Gasteiger partial charge in [-0.2, -0.15) is 4.98 Å². The van der Waals surface area contributed by atoms with Crippen molar-refractivity contribution in [1.82, 2.24) is 10.1 Å². The standard InChI is InChI=1S/C15H11BrClN3O/c16-12-3-1-2-4-13(12)18-9-14-19-15(20-21-14)10-5-7-11(17)8-6-10/h1-8,18H,9H2. The van der Waals surface area contributed by atoms with Gasteiger partial charge in [-0.1, -0.05) is 28.9 Å². The molecule has 0 spiro atoms. The number of halogens is 2. The maximum Gasteiger partial charge on any atom is 0.246 e. The summed E-state index contributed by atoms with van der Waals surface area (Å²) >= 11 is 9.33. The number of aromatic nitrogens is 2. The molecule has 0 aliphatic heterocycles. The van der Waals surface area contributed by atoms with E-state index in [1.54, 1.807) is 12.1 Å². The molecular weight excluding hydrogens is 354 g/mol. The number of para-hydroxylation sites is 1. The van der Waals surface area contributed by atoms with Gasteiger partial charge < -0.3 is 9.84 Å². The summed E-state index contributed by atoms with van der Waals surface area (Å²) in [5, 5.41) is 7.89. The number of nitrogens with zero attached hydrogens (tertiary/aromatic N) is 2. The Morgan fingerprint density at radius 1 is 1.10 bits per heavy atom. The van der Waals surface area contributed by atoms with Crippen LogP contribution >= 0.6 is 27.5 Å². The first kappa shape index (κ1) is 14.1. The number of anilines is 1. The van der Waals surface area contributed by atoms with Crippen LogP contribution in [0.1, 0.15) is 5.89 Å². The molecule has 4 nitrogen and oxygen atoms in total. The van der Waals surface area contributed by atoms with Gasteiger partial charge in [-0.25, -0.2) is 0 Å². The van der Waals surface area contributed by atoms with E-state index in [-0.39, 0.29) is 0 Å². The molecule has 1 N–H and O–H groups in total. The third-order valence-electron chi connectivity index (χ3n) is 2.87.